The number of amides is 4. The SMILES string of the molecule is CC(C)(C)OC(=O)NCC(=O)N/C=C/CCNC(=O)CNC(=O)OC(C)(C)C. The molecule has 0 rings (SSSR count). The lowest BCUT2D eigenvalue weighted by molar-refractivity contribution is -0.120. The topological polar surface area (TPSA) is 135 Å². The molecule has 10 heteroatoms. The first-order valence-electron chi connectivity index (χ1n) is 8.93. The molecule has 0 unspecified atom stereocenters. The fraction of sp³-hybridized carbons (Fsp3) is 0.667. The minimum Gasteiger partial charge on any atom is -0.444 e. The smallest absolute Gasteiger partial charge is 0.408 e. The summed E-state index contributed by atoms with van der Waals surface area (Å²) in [6.45, 7) is 10.3. The molecule has 0 spiro atoms. The summed E-state index contributed by atoms with van der Waals surface area (Å²) in [6.07, 6.45) is 2.20. The first kappa shape index (κ1) is 25.2. The van der Waals surface area contributed by atoms with Crippen molar-refractivity contribution < 1.29 is 28.7 Å². The fourth-order valence-electron chi connectivity index (χ4n) is 1.58. The van der Waals surface area contributed by atoms with Crippen LogP contribution in [0.15, 0.2) is 12.3 Å². The van der Waals surface area contributed by atoms with Gasteiger partial charge in [-0.25, -0.2) is 9.59 Å². The third-order valence-corrected chi connectivity index (χ3v) is 2.58. The maximum absolute atomic E-state index is 11.6. The average Bonchev–Trinajstić information content (AvgIpc) is 2.51. The van der Waals surface area contributed by atoms with E-state index >= 15 is 0 Å². The molecule has 0 saturated carbocycles. The van der Waals surface area contributed by atoms with Gasteiger partial charge in [0.15, 0.2) is 0 Å². The van der Waals surface area contributed by atoms with Gasteiger partial charge in [0, 0.05) is 6.54 Å². The van der Waals surface area contributed by atoms with Gasteiger partial charge in [0.25, 0.3) is 0 Å². The highest BCUT2D eigenvalue weighted by Gasteiger charge is 2.17. The lowest BCUT2D eigenvalue weighted by atomic mass is 10.2. The van der Waals surface area contributed by atoms with Crippen molar-refractivity contribution in [2.45, 2.75) is 59.2 Å². The molecule has 0 aliphatic rings. The van der Waals surface area contributed by atoms with Gasteiger partial charge >= 0.3 is 12.2 Å². The van der Waals surface area contributed by atoms with Gasteiger partial charge in [-0.15, -0.1) is 0 Å². The predicted octanol–water partition coefficient (Wildman–Crippen LogP) is 1.17. The number of rotatable bonds is 8. The zero-order valence-electron chi connectivity index (χ0n) is 17.4. The van der Waals surface area contributed by atoms with Gasteiger partial charge in [-0.1, -0.05) is 6.08 Å². The highest BCUT2D eigenvalue weighted by Crippen LogP contribution is 2.06. The first-order valence-corrected chi connectivity index (χ1v) is 8.93. The maximum Gasteiger partial charge on any atom is 0.408 e. The van der Waals surface area contributed by atoms with Crippen molar-refractivity contribution in [2.24, 2.45) is 0 Å². The quantitative estimate of drug-likeness (QED) is 0.452. The van der Waals surface area contributed by atoms with Crippen LogP contribution in [0.1, 0.15) is 48.0 Å². The summed E-state index contributed by atoms with van der Waals surface area (Å²) in [6, 6.07) is 0. The largest absolute Gasteiger partial charge is 0.444 e. The molecule has 4 N–H and O–H groups in total. The van der Waals surface area contributed by atoms with Crippen LogP contribution in [-0.4, -0.2) is 54.8 Å². The molecule has 28 heavy (non-hydrogen) atoms. The highest BCUT2D eigenvalue weighted by molar-refractivity contribution is 5.83. The number of carbonyl (C=O) groups excluding carboxylic acids is 4. The van der Waals surface area contributed by atoms with E-state index in [9.17, 15) is 19.2 Å². The van der Waals surface area contributed by atoms with E-state index in [2.05, 4.69) is 21.3 Å². The van der Waals surface area contributed by atoms with E-state index in [-0.39, 0.29) is 19.0 Å². The molecule has 160 valence electrons. The van der Waals surface area contributed by atoms with Crippen molar-refractivity contribution in [3.8, 4) is 0 Å². The second-order valence-electron chi connectivity index (χ2n) is 7.82. The van der Waals surface area contributed by atoms with Crippen LogP contribution in [0.2, 0.25) is 0 Å². The van der Waals surface area contributed by atoms with Crippen LogP contribution in [-0.2, 0) is 19.1 Å². The monoisotopic (exact) mass is 400 g/mol. The molecule has 0 aromatic rings. The molecule has 4 amide bonds. The molecule has 0 aromatic heterocycles. The van der Waals surface area contributed by atoms with Crippen LogP contribution in [0.25, 0.3) is 0 Å². The van der Waals surface area contributed by atoms with Crippen LogP contribution in [0, 0.1) is 0 Å². The van der Waals surface area contributed by atoms with Crippen molar-refractivity contribution in [1.82, 2.24) is 21.3 Å². The zero-order chi connectivity index (χ0) is 21.8. The fourth-order valence-corrected chi connectivity index (χ4v) is 1.58. The van der Waals surface area contributed by atoms with Crippen molar-refractivity contribution in [3.63, 3.8) is 0 Å². The molecule has 0 saturated heterocycles. The predicted molar refractivity (Wildman–Crippen MR) is 103 cm³/mol. The van der Waals surface area contributed by atoms with E-state index in [0.29, 0.717) is 13.0 Å². The Labute approximate surface area is 165 Å². The summed E-state index contributed by atoms with van der Waals surface area (Å²) in [5.41, 5.74) is -1.26. The second kappa shape index (κ2) is 11.8. The van der Waals surface area contributed by atoms with E-state index in [1.54, 1.807) is 47.6 Å². The van der Waals surface area contributed by atoms with Gasteiger partial charge < -0.3 is 30.7 Å². The Hall–Kier alpha value is -2.78. The van der Waals surface area contributed by atoms with E-state index in [1.807, 2.05) is 0 Å². The molecule has 0 heterocycles. The Kier molecular flexibility index (Phi) is 10.7. The van der Waals surface area contributed by atoms with Crippen LogP contribution < -0.4 is 21.3 Å². The minimum atomic E-state index is -0.672. The third-order valence-electron chi connectivity index (χ3n) is 2.58. The lowest BCUT2D eigenvalue weighted by Crippen LogP contribution is -2.39. The van der Waals surface area contributed by atoms with Gasteiger partial charge in [-0.05, 0) is 54.2 Å². The first-order chi connectivity index (χ1) is 12.8. The van der Waals surface area contributed by atoms with Crippen LogP contribution in [0.4, 0.5) is 9.59 Å². The van der Waals surface area contributed by atoms with Crippen LogP contribution in [0.3, 0.4) is 0 Å². The number of ether oxygens (including phenoxy) is 2. The van der Waals surface area contributed by atoms with Crippen LogP contribution >= 0.6 is 0 Å². The van der Waals surface area contributed by atoms with Gasteiger partial charge in [-0.3, -0.25) is 9.59 Å². The number of carbonyl (C=O) groups is 4. The highest BCUT2D eigenvalue weighted by atomic mass is 16.6. The van der Waals surface area contributed by atoms with E-state index < -0.39 is 29.3 Å². The van der Waals surface area contributed by atoms with Crippen molar-refractivity contribution in [1.29, 1.82) is 0 Å². The normalized spacial score (nSPS) is 11.5. The summed E-state index contributed by atoms with van der Waals surface area (Å²) >= 11 is 0. The van der Waals surface area contributed by atoms with Crippen molar-refractivity contribution in [3.05, 3.63) is 12.3 Å². The Bertz CT molecular complexity index is 576. The number of hydrogen-bond acceptors (Lipinski definition) is 6. The van der Waals surface area contributed by atoms with E-state index in [4.69, 9.17) is 9.47 Å². The molecular formula is C18H32N4O6. The molecule has 0 aliphatic carbocycles. The standard InChI is InChI=1S/C18H32N4O6/c1-17(2,3)27-15(25)21-11-13(23)19-9-7-8-10-20-14(24)12-22-16(26)28-18(4,5)6/h7,9H,8,10-12H2,1-6H3,(H,19,23)(H,20,24)(H,21,25)(H,22,26)/b9-7+. The summed E-state index contributed by atoms with van der Waals surface area (Å²) < 4.78 is 10.0. The molecule has 0 aromatic carbocycles. The Morgan fingerprint density at radius 3 is 1.68 bits per heavy atom. The third kappa shape index (κ3) is 16.7. The molecule has 0 fully saturated rings. The molecule has 0 bridgehead atoms. The summed E-state index contributed by atoms with van der Waals surface area (Å²) in [7, 11) is 0. The van der Waals surface area contributed by atoms with E-state index in [0.717, 1.165) is 0 Å². The molecule has 0 atom stereocenters. The van der Waals surface area contributed by atoms with E-state index in [1.165, 1.54) is 6.20 Å². The summed E-state index contributed by atoms with van der Waals surface area (Å²) in [5.74, 6) is -0.766. The summed E-state index contributed by atoms with van der Waals surface area (Å²) in [4.78, 5) is 45.9. The van der Waals surface area contributed by atoms with Gasteiger partial charge in [0.05, 0.1) is 6.54 Å². The minimum absolute atomic E-state index is 0.189. The molecular weight excluding hydrogens is 368 g/mol. The lowest BCUT2D eigenvalue weighted by Gasteiger charge is -2.19. The summed E-state index contributed by atoms with van der Waals surface area (Å²) in [5, 5.41) is 9.76. The Morgan fingerprint density at radius 2 is 1.21 bits per heavy atom. The maximum atomic E-state index is 11.6. The van der Waals surface area contributed by atoms with Gasteiger partial charge in [0.1, 0.15) is 17.7 Å². The Morgan fingerprint density at radius 1 is 0.750 bits per heavy atom. The number of hydrogen-bond donors (Lipinski definition) is 4. The molecule has 10 nitrogen and oxygen atoms in total. The van der Waals surface area contributed by atoms with Gasteiger partial charge in [0.2, 0.25) is 11.8 Å². The molecule has 0 radical (unpaired) electrons. The number of alkyl carbamates (subject to hydrolysis) is 2. The Balaban J connectivity index is 3.81. The van der Waals surface area contributed by atoms with Crippen molar-refractivity contribution in [2.75, 3.05) is 19.6 Å². The number of nitrogens with one attached hydrogen (secondary N) is 4. The molecule has 0 aliphatic heterocycles. The second-order valence-corrected chi connectivity index (χ2v) is 7.82. The van der Waals surface area contributed by atoms with Gasteiger partial charge in [-0.2, -0.15) is 0 Å². The van der Waals surface area contributed by atoms with Crippen LogP contribution in [0.5, 0.6) is 0 Å². The zero-order valence-corrected chi connectivity index (χ0v) is 17.4. The van der Waals surface area contributed by atoms with Crippen molar-refractivity contribution >= 4 is 24.0 Å². The average molecular weight is 400 g/mol.